The van der Waals surface area contributed by atoms with Gasteiger partial charge >= 0.3 is 5.97 Å². The van der Waals surface area contributed by atoms with Gasteiger partial charge in [0.05, 0.1) is 5.92 Å². The second-order valence-corrected chi connectivity index (χ2v) is 3.65. The summed E-state index contributed by atoms with van der Waals surface area (Å²) in [5.41, 5.74) is 0. The molecule has 0 spiro atoms. The molecule has 0 unspecified atom stereocenters. The van der Waals surface area contributed by atoms with Crippen LogP contribution in [0, 0.1) is 5.92 Å². The fourth-order valence-corrected chi connectivity index (χ4v) is 1.50. The average Bonchev–Trinajstić information content (AvgIpc) is 2.10. The summed E-state index contributed by atoms with van der Waals surface area (Å²) >= 11 is 0. The summed E-state index contributed by atoms with van der Waals surface area (Å²) in [4.78, 5) is 10.7. The van der Waals surface area contributed by atoms with Crippen LogP contribution in [0.25, 0.3) is 0 Å². The van der Waals surface area contributed by atoms with Crippen molar-refractivity contribution < 1.29 is 9.90 Å². The van der Waals surface area contributed by atoms with E-state index in [4.69, 9.17) is 5.11 Å². The Kier molecular flexibility index (Phi) is 7.76. The highest BCUT2D eigenvalue weighted by Gasteiger charge is 2.13. The molecule has 0 aliphatic heterocycles. The summed E-state index contributed by atoms with van der Waals surface area (Å²) in [7, 11) is 0. The third kappa shape index (κ3) is 6.62. The molecule has 0 bridgehead atoms. The Bertz CT molecular complexity index is 132. The van der Waals surface area contributed by atoms with Crippen molar-refractivity contribution in [2.24, 2.45) is 5.92 Å². The van der Waals surface area contributed by atoms with Crippen molar-refractivity contribution in [3.05, 3.63) is 0 Å². The van der Waals surface area contributed by atoms with Crippen molar-refractivity contribution in [3.63, 3.8) is 0 Å². The number of unbranched alkanes of at least 4 members (excludes halogenated alkanes) is 4. The Morgan fingerprint density at radius 2 is 1.77 bits per heavy atom. The van der Waals surface area contributed by atoms with Gasteiger partial charge in [-0.1, -0.05) is 46.0 Å². The van der Waals surface area contributed by atoms with E-state index in [0.717, 1.165) is 19.3 Å². The third-order valence-electron chi connectivity index (χ3n) is 2.50. The van der Waals surface area contributed by atoms with Gasteiger partial charge in [-0.05, 0) is 12.8 Å². The molecule has 0 rings (SSSR count). The van der Waals surface area contributed by atoms with Crippen molar-refractivity contribution in [2.45, 2.75) is 58.8 Å². The lowest BCUT2D eigenvalue weighted by Gasteiger charge is -2.08. The van der Waals surface area contributed by atoms with Crippen molar-refractivity contribution in [1.82, 2.24) is 0 Å². The minimum atomic E-state index is -0.627. The van der Waals surface area contributed by atoms with E-state index in [2.05, 4.69) is 6.92 Å². The fourth-order valence-electron chi connectivity index (χ4n) is 1.50. The first kappa shape index (κ1) is 12.5. The van der Waals surface area contributed by atoms with Gasteiger partial charge in [-0.15, -0.1) is 0 Å². The predicted molar refractivity (Wildman–Crippen MR) is 54.8 cm³/mol. The van der Waals surface area contributed by atoms with Crippen molar-refractivity contribution in [1.29, 1.82) is 0 Å². The van der Waals surface area contributed by atoms with Crippen LogP contribution in [0.1, 0.15) is 58.8 Å². The minimum absolute atomic E-state index is 0.110. The highest BCUT2D eigenvalue weighted by atomic mass is 16.4. The zero-order chi connectivity index (χ0) is 10.1. The molecular formula is C11H22O2. The van der Waals surface area contributed by atoms with Crippen LogP contribution in [-0.4, -0.2) is 11.1 Å². The standard InChI is InChI=1S/C11H22O2/c1-3-5-6-7-8-9-10(4-2)11(12)13/h10H,3-9H2,1-2H3,(H,12,13)/t10-/m1/s1. The van der Waals surface area contributed by atoms with E-state index in [1.807, 2.05) is 6.92 Å². The largest absolute Gasteiger partial charge is 0.481 e. The van der Waals surface area contributed by atoms with Gasteiger partial charge in [-0.3, -0.25) is 4.79 Å². The molecule has 0 fully saturated rings. The van der Waals surface area contributed by atoms with E-state index in [1.165, 1.54) is 25.7 Å². The molecule has 0 aromatic heterocycles. The lowest BCUT2D eigenvalue weighted by Crippen LogP contribution is -2.12. The Morgan fingerprint density at radius 3 is 2.23 bits per heavy atom. The molecule has 13 heavy (non-hydrogen) atoms. The van der Waals surface area contributed by atoms with E-state index in [0.29, 0.717) is 0 Å². The maximum atomic E-state index is 10.7. The van der Waals surface area contributed by atoms with Gasteiger partial charge in [0, 0.05) is 0 Å². The molecule has 0 radical (unpaired) electrons. The molecular weight excluding hydrogens is 164 g/mol. The lowest BCUT2D eigenvalue weighted by molar-refractivity contribution is -0.142. The normalized spacial score (nSPS) is 12.8. The van der Waals surface area contributed by atoms with E-state index < -0.39 is 5.97 Å². The van der Waals surface area contributed by atoms with Gasteiger partial charge in [0.2, 0.25) is 0 Å². The average molecular weight is 186 g/mol. The summed E-state index contributed by atoms with van der Waals surface area (Å²) in [6, 6.07) is 0. The molecule has 0 saturated heterocycles. The summed E-state index contributed by atoms with van der Waals surface area (Å²) in [6.07, 6.45) is 7.67. The highest BCUT2D eigenvalue weighted by molar-refractivity contribution is 5.69. The van der Waals surface area contributed by atoms with Crippen LogP contribution in [0.4, 0.5) is 0 Å². The Labute approximate surface area is 81.3 Å². The molecule has 2 nitrogen and oxygen atoms in total. The van der Waals surface area contributed by atoms with E-state index in [-0.39, 0.29) is 5.92 Å². The predicted octanol–water partition coefficient (Wildman–Crippen LogP) is 3.46. The molecule has 0 saturated carbocycles. The molecule has 0 heterocycles. The van der Waals surface area contributed by atoms with Gasteiger partial charge < -0.3 is 5.11 Å². The van der Waals surface area contributed by atoms with Crippen LogP contribution < -0.4 is 0 Å². The maximum absolute atomic E-state index is 10.7. The summed E-state index contributed by atoms with van der Waals surface area (Å²) in [6.45, 7) is 4.14. The second kappa shape index (κ2) is 8.09. The first-order valence-corrected chi connectivity index (χ1v) is 5.45. The van der Waals surface area contributed by atoms with Gasteiger partial charge in [-0.2, -0.15) is 0 Å². The number of hydrogen-bond acceptors (Lipinski definition) is 1. The second-order valence-electron chi connectivity index (χ2n) is 3.65. The zero-order valence-corrected chi connectivity index (χ0v) is 8.88. The van der Waals surface area contributed by atoms with E-state index in [1.54, 1.807) is 0 Å². The number of aliphatic carboxylic acids is 1. The molecule has 1 atom stereocenters. The first-order valence-electron chi connectivity index (χ1n) is 5.45. The third-order valence-corrected chi connectivity index (χ3v) is 2.50. The maximum Gasteiger partial charge on any atom is 0.306 e. The fraction of sp³-hybridized carbons (Fsp3) is 0.909. The summed E-state index contributed by atoms with van der Waals surface area (Å²) in [5, 5.41) is 8.78. The van der Waals surface area contributed by atoms with Gasteiger partial charge in [0.15, 0.2) is 0 Å². The minimum Gasteiger partial charge on any atom is -0.481 e. The number of carbonyl (C=O) groups is 1. The number of rotatable bonds is 8. The Morgan fingerprint density at radius 1 is 1.15 bits per heavy atom. The smallest absolute Gasteiger partial charge is 0.306 e. The van der Waals surface area contributed by atoms with E-state index >= 15 is 0 Å². The van der Waals surface area contributed by atoms with Crippen molar-refractivity contribution in [2.75, 3.05) is 0 Å². The van der Waals surface area contributed by atoms with Crippen LogP contribution >= 0.6 is 0 Å². The molecule has 78 valence electrons. The lowest BCUT2D eigenvalue weighted by atomic mass is 9.98. The molecule has 0 aromatic rings. The van der Waals surface area contributed by atoms with Crippen LogP contribution in [0.3, 0.4) is 0 Å². The highest BCUT2D eigenvalue weighted by Crippen LogP contribution is 2.14. The summed E-state index contributed by atoms with van der Waals surface area (Å²) < 4.78 is 0. The summed E-state index contributed by atoms with van der Waals surface area (Å²) in [5.74, 6) is -0.736. The SMILES string of the molecule is CCCCCCC[C@@H](CC)C(=O)O. The van der Waals surface area contributed by atoms with Crippen LogP contribution in [0.15, 0.2) is 0 Å². The number of carboxylic acid groups (broad SMARTS) is 1. The Hall–Kier alpha value is -0.530. The number of carboxylic acids is 1. The van der Waals surface area contributed by atoms with Crippen molar-refractivity contribution >= 4 is 5.97 Å². The van der Waals surface area contributed by atoms with Crippen LogP contribution in [0.2, 0.25) is 0 Å². The number of hydrogen-bond donors (Lipinski definition) is 1. The Balaban J connectivity index is 3.33. The van der Waals surface area contributed by atoms with Crippen LogP contribution in [-0.2, 0) is 4.79 Å². The van der Waals surface area contributed by atoms with Crippen molar-refractivity contribution in [3.8, 4) is 0 Å². The van der Waals surface area contributed by atoms with Gasteiger partial charge in [-0.25, -0.2) is 0 Å². The first-order chi connectivity index (χ1) is 6.22. The molecule has 0 aliphatic rings. The quantitative estimate of drug-likeness (QED) is 0.589. The van der Waals surface area contributed by atoms with Gasteiger partial charge in [0.25, 0.3) is 0 Å². The molecule has 0 amide bonds. The molecule has 0 aromatic carbocycles. The molecule has 0 aliphatic carbocycles. The topological polar surface area (TPSA) is 37.3 Å². The van der Waals surface area contributed by atoms with Crippen LogP contribution in [0.5, 0.6) is 0 Å². The zero-order valence-electron chi connectivity index (χ0n) is 8.88. The van der Waals surface area contributed by atoms with E-state index in [9.17, 15) is 4.79 Å². The monoisotopic (exact) mass is 186 g/mol. The molecule has 1 N–H and O–H groups in total. The van der Waals surface area contributed by atoms with Gasteiger partial charge in [0.1, 0.15) is 0 Å². The molecule has 2 heteroatoms.